The molecule has 0 aromatic carbocycles. The number of nitrogens with zero attached hydrogens (tertiary/aromatic N) is 4. The number of aromatic nitrogens is 1. The molecular weight excluding hydrogens is 268 g/mol. The molecule has 2 heterocycles. The Bertz CT molecular complexity index is 581. The first-order chi connectivity index (χ1) is 9.95. The molecule has 6 heteroatoms. The minimum atomic E-state index is -0.547. The molecule has 1 aliphatic heterocycles. The van der Waals surface area contributed by atoms with Crippen molar-refractivity contribution in [3.63, 3.8) is 0 Å². The molecule has 1 aromatic rings. The van der Waals surface area contributed by atoms with Crippen molar-refractivity contribution >= 4 is 11.8 Å². The van der Waals surface area contributed by atoms with E-state index in [1.807, 2.05) is 6.92 Å². The number of amides is 2. The molecule has 0 aliphatic carbocycles. The molecule has 1 aromatic heterocycles. The number of carbonyl (C=O) groups excluding carboxylic acids is 2. The molecule has 1 saturated heterocycles. The van der Waals surface area contributed by atoms with E-state index in [1.165, 1.54) is 9.80 Å². The Hall–Kier alpha value is -2.42. The number of carbonyl (C=O) groups is 2. The van der Waals surface area contributed by atoms with Gasteiger partial charge in [0.25, 0.3) is 0 Å². The molecular formula is C15H18N4O2. The molecule has 1 unspecified atom stereocenters. The zero-order valence-corrected chi connectivity index (χ0v) is 12.2. The summed E-state index contributed by atoms with van der Waals surface area (Å²) in [4.78, 5) is 31.1. The Labute approximate surface area is 124 Å². The van der Waals surface area contributed by atoms with Gasteiger partial charge >= 0.3 is 11.8 Å². The van der Waals surface area contributed by atoms with Crippen LogP contribution in [0.2, 0.25) is 0 Å². The van der Waals surface area contributed by atoms with E-state index in [-0.39, 0.29) is 0 Å². The number of likely N-dealkylation sites (N-methyl/N-ethyl adjacent to an activating group) is 1. The lowest BCUT2D eigenvalue weighted by Gasteiger charge is -2.22. The maximum Gasteiger partial charge on any atom is 0.312 e. The molecule has 1 aliphatic rings. The van der Waals surface area contributed by atoms with Crippen LogP contribution in [0.5, 0.6) is 0 Å². The van der Waals surface area contributed by atoms with Gasteiger partial charge in [0.15, 0.2) is 0 Å². The molecule has 2 rings (SSSR count). The summed E-state index contributed by atoms with van der Waals surface area (Å²) in [6.07, 6.45) is 3.90. The van der Waals surface area contributed by atoms with Crippen molar-refractivity contribution in [2.24, 2.45) is 5.41 Å². The maximum absolute atomic E-state index is 12.2. The Morgan fingerprint density at radius 1 is 1.48 bits per heavy atom. The largest absolute Gasteiger partial charge is 0.333 e. The van der Waals surface area contributed by atoms with Gasteiger partial charge in [0.05, 0.1) is 11.5 Å². The van der Waals surface area contributed by atoms with Crippen LogP contribution in [0.1, 0.15) is 18.9 Å². The summed E-state index contributed by atoms with van der Waals surface area (Å²) in [6, 6.07) is 5.81. The molecule has 1 fully saturated rings. The molecule has 0 saturated carbocycles. The van der Waals surface area contributed by atoms with Crippen LogP contribution in [0.4, 0.5) is 0 Å². The number of hydrogen-bond donors (Lipinski definition) is 0. The first kappa shape index (κ1) is 15.0. The van der Waals surface area contributed by atoms with Crippen LogP contribution in [-0.4, -0.2) is 46.7 Å². The minimum Gasteiger partial charge on any atom is -0.333 e. The van der Waals surface area contributed by atoms with Gasteiger partial charge in [-0.3, -0.25) is 14.6 Å². The van der Waals surface area contributed by atoms with Crippen molar-refractivity contribution in [3.05, 3.63) is 30.1 Å². The van der Waals surface area contributed by atoms with Crippen LogP contribution >= 0.6 is 0 Å². The summed E-state index contributed by atoms with van der Waals surface area (Å²) in [5.74, 6) is -1.08. The van der Waals surface area contributed by atoms with E-state index in [0.29, 0.717) is 26.1 Å². The van der Waals surface area contributed by atoms with Crippen molar-refractivity contribution in [1.82, 2.24) is 14.8 Å². The standard InChI is InChI=1S/C15H18N4O2/c1-15(10-16)5-8-19(11-15)14(21)13(20)18(2)9-12-3-6-17-7-4-12/h3-4,6-7H,5,8-9,11H2,1-2H3. The third-order valence-corrected chi connectivity index (χ3v) is 3.73. The zero-order chi connectivity index (χ0) is 15.5. The molecule has 21 heavy (non-hydrogen) atoms. The highest BCUT2D eigenvalue weighted by Crippen LogP contribution is 2.28. The molecule has 110 valence electrons. The lowest BCUT2D eigenvalue weighted by molar-refractivity contribution is -0.150. The van der Waals surface area contributed by atoms with Crippen molar-refractivity contribution in [1.29, 1.82) is 5.26 Å². The highest BCUT2D eigenvalue weighted by molar-refractivity contribution is 6.34. The van der Waals surface area contributed by atoms with Crippen LogP contribution in [-0.2, 0) is 16.1 Å². The first-order valence-corrected chi connectivity index (χ1v) is 6.80. The Morgan fingerprint density at radius 2 is 2.14 bits per heavy atom. The van der Waals surface area contributed by atoms with Gasteiger partial charge in [0.1, 0.15) is 0 Å². The van der Waals surface area contributed by atoms with E-state index in [0.717, 1.165) is 5.56 Å². The molecule has 6 nitrogen and oxygen atoms in total. The fraction of sp³-hybridized carbons (Fsp3) is 0.467. The van der Waals surface area contributed by atoms with Crippen LogP contribution in [0.25, 0.3) is 0 Å². The fourth-order valence-electron chi connectivity index (χ4n) is 2.36. The minimum absolute atomic E-state index is 0.317. The molecule has 0 N–H and O–H groups in total. The molecule has 2 amide bonds. The normalized spacial score (nSPS) is 20.9. The smallest absolute Gasteiger partial charge is 0.312 e. The predicted octanol–water partition coefficient (Wildman–Crippen LogP) is 0.802. The van der Waals surface area contributed by atoms with Gasteiger partial charge in [-0.25, -0.2) is 0 Å². The van der Waals surface area contributed by atoms with Gasteiger partial charge in [-0.1, -0.05) is 0 Å². The number of pyridine rings is 1. The molecule has 0 bridgehead atoms. The van der Waals surface area contributed by atoms with E-state index in [4.69, 9.17) is 5.26 Å². The Kier molecular flexibility index (Phi) is 4.22. The summed E-state index contributed by atoms with van der Waals surface area (Å²) < 4.78 is 0. The van der Waals surface area contributed by atoms with Crippen LogP contribution in [0.3, 0.4) is 0 Å². The molecule has 1 atom stereocenters. The first-order valence-electron chi connectivity index (χ1n) is 6.80. The molecule has 0 radical (unpaired) electrons. The summed E-state index contributed by atoms with van der Waals surface area (Å²) >= 11 is 0. The summed E-state index contributed by atoms with van der Waals surface area (Å²) in [7, 11) is 1.60. The van der Waals surface area contributed by atoms with Gasteiger partial charge in [-0.05, 0) is 31.0 Å². The number of nitriles is 1. The van der Waals surface area contributed by atoms with Crippen molar-refractivity contribution < 1.29 is 9.59 Å². The van der Waals surface area contributed by atoms with Crippen LogP contribution < -0.4 is 0 Å². The van der Waals surface area contributed by atoms with Gasteiger partial charge in [-0.15, -0.1) is 0 Å². The maximum atomic E-state index is 12.2. The average molecular weight is 286 g/mol. The number of likely N-dealkylation sites (tertiary alicyclic amines) is 1. The van der Waals surface area contributed by atoms with E-state index < -0.39 is 17.2 Å². The van der Waals surface area contributed by atoms with Gasteiger partial charge < -0.3 is 9.80 Å². The monoisotopic (exact) mass is 286 g/mol. The number of rotatable bonds is 2. The summed E-state index contributed by atoms with van der Waals surface area (Å²) in [6.45, 7) is 2.94. The second-order valence-corrected chi connectivity index (χ2v) is 5.67. The van der Waals surface area contributed by atoms with E-state index >= 15 is 0 Å². The highest BCUT2D eigenvalue weighted by atomic mass is 16.2. The quantitative estimate of drug-likeness (QED) is 0.754. The van der Waals surface area contributed by atoms with Crippen LogP contribution in [0.15, 0.2) is 24.5 Å². The topological polar surface area (TPSA) is 77.3 Å². The summed E-state index contributed by atoms with van der Waals surface area (Å²) in [5, 5.41) is 9.08. The molecule has 0 spiro atoms. The fourth-order valence-corrected chi connectivity index (χ4v) is 2.36. The third-order valence-electron chi connectivity index (χ3n) is 3.73. The Morgan fingerprint density at radius 3 is 2.71 bits per heavy atom. The van der Waals surface area contributed by atoms with Gasteiger partial charge in [0, 0.05) is 39.1 Å². The predicted molar refractivity (Wildman–Crippen MR) is 75.6 cm³/mol. The van der Waals surface area contributed by atoms with E-state index in [1.54, 1.807) is 31.6 Å². The SMILES string of the molecule is CN(Cc1ccncc1)C(=O)C(=O)N1CCC(C)(C#N)C1. The second kappa shape index (κ2) is 5.92. The Balaban J connectivity index is 1.97. The zero-order valence-electron chi connectivity index (χ0n) is 12.2. The lowest BCUT2D eigenvalue weighted by atomic mass is 9.92. The van der Waals surface area contributed by atoms with Crippen molar-refractivity contribution in [3.8, 4) is 6.07 Å². The van der Waals surface area contributed by atoms with Crippen molar-refractivity contribution in [2.45, 2.75) is 19.9 Å². The van der Waals surface area contributed by atoms with E-state index in [2.05, 4.69) is 11.1 Å². The van der Waals surface area contributed by atoms with Gasteiger partial charge in [0.2, 0.25) is 0 Å². The lowest BCUT2D eigenvalue weighted by Crippen LogP contribution is -2.43. The van der Waals surface area contributed by atoms with Gasteiger partial charge in [-0.2, -0.15) is 5.26 Å². The highest BCUT2D eigenvalue weighted by Gasteiger charge is 2.38. The van der Waals surface area contributed by atoms with E-state index in [9.17, 15) is 9.59 Å². The summed E-state index contributed by atoms with van der Waals surface area (Å²) in [5.41, 5.74) is 0.372. The third kappa shape index (κ3) is 3.37. The number of hydrogen-bond acceptors (Lipinski definition) is 4. The average Bonchev–Trinajstić information content (AvgIpc) is 2.90. The van der Waals surface area contributed by atoms with Crippen LogP contribution in [0, 0.1) is 16.7 Å². The van der Waals surface area contributed by atoms with Crippen molar-refractivity contribution in [2.75, 3.05) is 20.1 Å². The second-order valence-electron chi connectivity index (χ2n) is 5.67.